The van der Waals surface area contributed by atoms with Gasteiger partial charge in [-0.25, -0.2) is 9.97 Å². The Hall–Kier alpha value is -1.57. The van der Waals surface area contributed by atoms with Crippen LogP contribution in [0.15, 0.2) is 6.07 Å². The van der Waals surface area contributed by atoms with Crippen molar-refractivity contribution in [2.45, 2.75) is 43.8 Å². The van der Waals surface area contributed by atoms with Crippen LogP contribution in [0.3, 0.4) is 0 Å². The van der Waals surface area contributed by atoms with E-state index in [0.717, 1.165) is 19.3 Å². The highest BCUT2D eigenvalue weighted by Crippen LogP contribution is 2.33. The van der Waals surface area contributed by atoms with Gasteiger partial charge in [-0.1, -0.05) is 19.3 Å². The lowest BCUT2D eigenvalue weighted by molar-refractivity contribution is -0.144. The maximum absolute atomic E-state index is 12.8. The molecule has 1 heterocycles. The molecule has 118 valence electrons. The Labute approximate surface area is 121 Å². The quantitative estimate of drug-likeness (QED) is 0.798. The lowest BCUT2D eigenvalue weighted by Gasteiger charge is -2.37. The molecule has 1 saturated carbocycles. The third-order valence-corrected chi connectivity index (χ3v) is 3.74. The topological polar surface area (TPSA) is 70.1 Å². The molecule has 3 N–H and O–H groups in total. The first-order valence-corrected chi connectivity index (χ1v) is 6.92. The third-order valence-electron chi connectivity index (χ3n) is 3.74. The molecular weight excluding hydrogens is 285 g/mol. The van der Waals surface area contributed by atoms with Gasteiger partial charge in [-0.3, -0.25) is 0 Å². The lowest BCUT2D eigenvalue weighted by Crippen LogP contribution is -2.44. The maximum Gasteiger partial charge on any atom is 0.451 e. The van der Waals surface area contributed by atoms with Crippen LogP contribution in [0.25, 0.3) is 0 Å². The fourth-order valence-corrected chi connectivity index (χ4v) is 2.59. The van der Waals surface area contributed by atoms with Crippen molar-refractivity contribution < 1.29 is 18.3 Å². The summed E-state index contributed by atoms with van der Waals surface area (Å²) in [4.78, 5) is 6.96. The molecule has 1 aromatic heterocycles. The number of rotatable bonds is 4. The Bertz CT molecular complexity index is 487. The molecule has 5 nitrogen and oxygen atoms in total. The molecular formula is C13H19F3N4O. The predicted molar refractivity (Wildman–Crippen MR) is 73.1 cm³/mol. The molecule has 0 unspecified atom stereocenters. The minimum atomic E-state index is -4.61. The van der Waals surface area contributed by atoms with Crippen LogP contribution in [0.2, 0.25) is 0 Å². The Morgan fingerprint density at radius 1 is 1.19 bits per heavy atom. The highest BCUT2D eigenvalue weighted by Gasteiger charge is 2.37. The predicted octanol–water partition coefficient (Wildman–Crippen LogP) is 2.64. The second kappa shape index (κ2) is 6.05. The first-order valence-electron chi connectivity index (χ1n) is 6.92. The first-order chi connectivity index (χ1) is 9.88. The number of halogens is 3. The van der Waals surface area contributed by atoms with Crippen molar-refractivity contribution in [2.24, 2.45) is 0 Å². The molecule has 1 aromatic rings. The molecule has 1 fully saturated rings. The number of hydrogen-bond acceptors (Lipinski definition) is 5. The van der Waals surface area contributed by atoms with Crippen LogP contribution < -0.4 is 10.6 Å². The van der Waals surface area contributed by atoms with E-state index in [1.807, 2.05) is 0 Å². The van der Waals surface area contributed by atoms with Gasteiger partial charge in [0.2, 0.25) is 5.82 Å². The lowest BCUT2D eigenvalue weighted by atomic mass is 9.82. The van der Waals surface area contributed by atoms with Gasteiger partial charge in [0.1, 0.15) is 11.6 Å². The van der Waals surface area contributed by atoms with Gasteiger partial charge in [-0.2, -0.15) is 13.2 Å². The first kappa shape index (κ1) is 15.8. The summed E-state index contributed by atoms with van der Waals surface area (Å²) in [7, 11) is 1.49. The largest absolute Gasteiger partial charge is 0.451 e. The van der Waals surface area contributed by atoms with Gasteiger partial charge in [0, 0.05) is 13.1 Å². The van der Waals surface area contributed by atoms with E-state index in [4.69, 9.17) is 0 Å². The maximum atomic E-state index is 12.8. The van der Waals surface area contributed by atoms with Crippen molar-refractivity contribution in [1.29, 1.82) is 0 Å². The van der Waals surface area contributed by atoms with E-state index >= 15 is 0 Å². The number of alkyl halides is 3. The molecule has 0 radical (unpaired) electrons. The Morgan fingerprint density at radius 3 is 2.33 bits per heavy atom. The number of nitrogens with one attached hydrogen (secondary N) is 2. The van der Waals surface area contributed by atoms with Crippen LogP contribution >= 0.6 is 0 Å². The highest BCUT2D eigenvalue weighted by molar-refractivity contribution is 5.49. The minimum Gasteiger partial charge on any atom is -0.394 e. The number of hydrogen-bond donors (Lipinski definition) is 3. The van der Waals surface area contributed by atoms with Crippen LogP contribution in [0, 0.1) is 0 Å². The highest BCUT2D eigenvalue weighted by atomic mass is 19.4. The number of aliphatic hydroxyl groups is 1. The standard InChI is InChI=1S/C13H19F3N4O/c1-17-9-7-10(19-11(18-9)13(14,15)16)20-12(8-21)5-3-2-4-6-12/h7,21H,2-6,8H2,1H3,(H2,17,18,19,20). The van der Waals surface area contributed by atoms with Crippen LogP contribution in [0.4, 0.5) is 24.8 Å². The molecule has 21 heavy (non-hydrogen) atoms. The van der Waals surface area contributed by atoms with Crippen molar-refractivity contribution in [3.63, 3.8) is 0 Å². The molecule has 1 aliphatic carbocycles. The van der Waals surface area contributed by atoms with E-state index in [-0.39, 0.29) is 18.2 Å². The fourth-order valence-electron chi connectivity index (χ4n) is 2.59. The van der Waals surface area contributed by atoms with Crippen molar-refractivity contribution >= 4 is 11.6 Å². The zero-order valence-electron chi connectivity index (χ0n) is 11.8. The SMILES string of the molecule is CNc1cc(NC2(CO)CCCCC2)nc(C(F)(F)F)n1. The van der Waals surface area contributed by atoms with Crippen molar-refractivity contribution in [1.82, 2.24) is 9.97 Å². The van der Waals surface area contributed by atoms with Crippen molar-refractivity contribution in [2.75, 3.05) is 24.3 Å². The van der Waals surface area contributed by atoms with Crippen LogP contribution in [0.1, 0.15) is 37.9 Å². The van der Waals surface area contributed by atoms with E-state index < -0.39 is 17.5 Å². The van der Waals surface area contributed by atoms with Gasteiger partial charge in [0.25, 0.3) is 0 Å². The molecule has 0 aliphatic heterocycles. The van der Waals surface area contributed by atoms with E-state index in [1.165, 1.54) is 13.1 Å². The molecule has 0 spiro atoms. The molecule has 0 aromatic carbocycles. The number of nitrogens with zero attached hydrogens (tertiary/aromatic N) is 2. The zero-order valence-corrected chi connectivity index (χ0v) is 11.8. The third kappa shape index (κ3) is 3.75. The van der Waals surface area contributed by atoms with Crippen molar-refractivity contribution in [3.05, 3.63) is 11.9 Å². The van der Waals surface area contributed by atoms with Crippen LogP contribution in [-0.4, -0.2) is 34.3 Å². The summed E-state index contributed by atoms with van der Waals surface area (Å²) in [5.41, 5.74) is -0.597. The van der Waals surface area contributed by atoms with Crippen LogP contribution in [0.5, 0.6) is 0 Å². The summed E-state index contributed by atoms with van der Waals surface area (Å²) in [5.74, 6) is -1.03. The van der Waals surface area contributed by atoms with E-state index in [1.54, 1.807) is 0 Å². The van der Waals surface area contributed by atoms with E-state index in [2.05, 4.69) is 20.6 Å². The number of aliphatic hydroxyl groups excluding tert-OH is 1. The summed E-state index contributed by atoms with van der Waals surface area (Å²) in [6.07, 6.45) is -0.244. The molecule has 0 atom stereocenters. The average molecular weight is 304 g/mol. The Morgan fingerprint density at radius 2 is 1.81 bits per heavy atom. The second-order valence-corrected chi connectivity index (χ2v) is 5.33. The monoisotopic (exact) mass is 304 g/mol. The van der Waals surface area contributed by atoms with Gasteiger partial charge in [-0.15, -0.1) is 0 Å². The Balaban J connectivity index is 2.30. The number of anilines is 2. The molecule has 0 saturated heterocycles. The smallest absolute Gasteiger partial charge is 0.394 e. The summed E-state index contributed by atoms with van der Waals surface area (Å²) in [5, 5.41) is 15.2. The van der Waals surface area contributed by atoms with Gasteiger partial charge in [0.05, 0.1) is 12.1 Å². The summed E-state index contributed by atoms with van der Waals surface area (Å²) in [6, 6.07) is 1.42. The van der Waals surface area contributed by atoms with Gasteiger partial charge >= 0.3 is 6.18 Å². The summed E-state index contributed by atoms with van der Waals surface area (Å²) >= 11 is 0. The van der Waals surface area contributed by atoms with Crippen molar-refractivity contribution in [3.8, 4) is 0 Å². The van der Waals surface area contributed by atoms with E-state index in [0.29, 0.717) is 12.8 Å². The zero-order chi connectivity index (χ0) is 15.5. The molecule has 1 aliphatic rings. The Kier molecular flexibility index (Phi) is 4.55. The fraction of sp³-hybridized carbons (Fsp3) is 0.692. The molecule has 0 bridgehead atoms. The van der Waals surface area contributed by atoms with Gasteiger partial charge < -0.3 is 15.7 Å². The van der Waals surface area contributed by atoms with Gasteiger partial charge in [0.15, 0.2) is 0 Å². The average Bonchev–Trinajstić information content (AvgIpc) is 2.47. The van der Waals surface area contributed by atoms with Crippen LogP contribution in [-0.2, 0) is 6.18 Å². The molecule has 0 amide bonds. The summed E-state index contributed by atoms with van der Waals surface area (Å²) in [6.45, 7) is -0.132. The number of aromatic nitrogens is 2. The molecule has 2 rings (SSSR count). The van der Waals surface area contributed by atoms with Gasteiger partial charge in [-0.05, 0) is 12.8 Å². The second-order valence-electron chi connectivity index (χ2n) is 5.33. The molecule has 8 heteroatoms. The summed E-state index contributed by atoms with van der Waals surface area (Å²) < 4.78 is 38.4. The normalized spacial score (nSPS) is 18.3. The van der Waals surface area contributed by atoms with E-state index in [9.17, 15) is 18.3 Å². The minimum absolute atomic E-state index is 0.0811.